The van der Waals surface area contributed by atoms with Gasteiger partial charge >= 0.3 is 11.9 Å². The molecule has 8 nitrogen and oxygen atoms in total. The molecule has 0 amide bonds. The number of rotatable bonds is 14. The van der Waals surface area contributed by atoms with Crippen LogP contribution in [0.4, 0.5) is 0 Å². The van der Waals surface area contributed by atoms with Crippen LogP contribution in [0.2, 0.25) is 5.02 Å². The van der Waals surface area contributed by atoms with Gasteiger partial charge in [0.15, 0.2) is 12.4 Å². The molecule has 37 heavy (non-hydrogen) atoms. The van der Waals surface area contributed by atoms with Gasteiger partial charge in [-0.25, -0.2) is 9.59 Å². The highest BCUT2D eigenvalue weighted by Gasteiger charge is 2.15. The zero-order valence-corrected chi connectivity index (χ0v) is 20.5. The van der Waals surface area contributed by atoms with E-state index in [1.165, 1.54) is 18.2 Å². The molecule has 0 radical (unpaired) electrons. The Morgan fingerprint density at radius 3 is 1.95 bits per heavy atom. The van der Waals surface area contributed by atoms with Crippen LogP contribution in [0.5, 0.6) is 17.2 Å². The number of aliphatic carboxylic acids is 1. The monoisotopic (exact) mass is 524 g/mol. The second-order valence-corrected chi connectivity index (χ2v) is 8.26. The second-order valence-electron chi connectivity index (χ2n) is 7.82. The molecule has 3 aromatic rings. The van der Waals surface area contributed by atoms with E-state index < -0.39 is 24.3 Å². The standard InChI is InChI=1S/C28H25ClO8/c29-21-7-11-23(12-8-21)36-16-2-1-15-35-22-9-3-19(4-10-22)5-13-25(30)24-17-20(28(33)34)6-14-26(24)37-18-27(31)32/h3-14,17H,1-2,15-16,18H2,(H,31,32)(H,33,34)/b13-5+. The molecule has 0 aliphatic rings. The molecule has 192 valence electrons. The molecule has 0 aliphatic heterocycles. The first-order chi connectivity index (χ1) is 17.8. The van der Waals surface area contributed by atoms with E-state index >= 15 is 0 Å². The number of carboxylic acid groups (broad SMARTS) is 2. The highest BCUT2D eigenvalue weighted by molar-refractivity contribution is 6.30. The maximum atomic E-state index is 12.7. The van der Waals surface area contributed by atoms with Gasteiger partial charge < -0.3 is 24.4 Å². The van der Waals surface area contributed by atoms with Gasteiger partial charge in [0, 0.05) is 5.02 Å². The molecule has 0 atom stereocenters. The topological polar surface area (TPSA) is 119 Å². The van der Waals surface area contributed by atoms with Crippen LogP contribution in [0, 0.1) is 0 Å². The summed E-state index contributed by atoms with van der Waals surface area (Å²) < 4.78 is 16.5. The normalized spacial score (nSPS) is 10.7. The lowest BCUT2D eigenvalue weighted by molar-refractivity contribution is -0.139. The number of ether oxygens (including phenoxy) is 3. The Kier molecular flexibility index (Phi) is 10.1. The van der Waals surface area contributed by atoms with Crippen LogP contribution in [0.15, 0.2) is 72.8 Å². The molecule has 0 unspecified atom stereocenters. The van der Waals surface area contributed by atoms with Gasteiger partial charge in [-0.05, 0) is 79.1 Å². The van der Waals surface area contributed by atoms with Crippen molar-refractivity contribution in [1.82, 2.24) is 0 Å². The summed E-state index contributed by atoms with van der Waals surface area (Å²) in [5.41, 5.74) is 0.564. The van der Waals surface area contributed by atoms with Crippen LogP contribution in [0.25, 0.3) is 6.08 Å². The van der Waals surface area contributed by atoms with Crippen molar-refractivity contribution < 1.29 is 38.8 Å². The maximum absolute atomic E-state index is 12.7. The Labute approximate surface area is 218 Å². The average molecular weight is 525 g/mol. The Hall–Kier alpha value is -4.30. The molecular formula is C28H25ClO8. The second kappa shape index (κ2) is 13.7. The molecule has 0 fully saturated rings. The molecule has 2 N–H and O–H groups in total. The number of allylic oxidation sites excluding steroid dienone is 1. The van der Waals surface area contributed by atoms with Crippen LogP contribution in [0.3, 0.4) is 0 Å². The highest BCUT2D eigenvalue weighted by atomic mass is 35.5. The fourth-order valence-corrected chi connectivity index (χ4v) is 3.30. The fourth-order valence-electron chi connectivity index (χ4n) is 3.17. The van der Waals surface area contributed by atoms with Gasteiger partial charge in [0.2, 0.25) is 0 Å². The third-order valence-corrected chi connectivity index (χ3v) is 5.29. The summed E-state index contributed by atoms with van der Waals surface area (Å²) in [5, 5.41) is 18.7. The zero-order valence-electron chi connectivity index (χ0n) is 19.8. The number of carbonyl (C=O) groups is 3. The van der Waals surface area contributed by atoms with E-state index in [9.17, 15) is 19.5 Å². The molecule has 0 heterocycles. The summed E-state index contributed by atoms with van der Waals surface area (Å²) in [6.45, 7) is 0.436. The Bertz CT molecular complexity index is 1250. The number of hydrogen-bond acceptors (Lipinski definition) is 6. The maximum Gasteiger partial charge on any atom is 0.341 e. The number of benzene rings is 3. The first kappa shape index (κ1) is 27.3. The Morgan fingerprint density at radius 2 is 1.38 bits per heavy atom. The number of ketones is 1. The molecular weight excluding hydrogens is 500 g/mol. The number of hydrogen-bond donors (Lipinski definition) is 2. The summed E-state index contributed by atoms with van der Waals surface area (Å²) in [5.74, 6) is -1.52. The lowest BCUT2D eigenvalue weighted by Crippen LogP contribution is -2.12. The Morgan fingerprint density at radius 1 is 0.784 bits per heavy atom. The van der Waals surface area contributed by atoms with E-state index in [2.05, 4.69) is 0 Å². The number of aromatic carboxylic acids is 1. The minimum Gasteiger partial charge on any atom is -0.494 e. The van der Waals surface area contributed by atoms with Gasteiger partial charge in [0.25, 0.3) is 0 Å². The van der Waals surface area contributed by atoms with E-state index in [4.69, 9.17) is 30.9 Å². The lowest BCUT2D eigenvalue weighted by atomic mass is 10.0. The van der Waals surface area contributed by atoms with Gasteiger partial charge in [-0.1, -0.05) is 29.8 Å². The quantitative estimate of drug-likeness (QED) is 0.158. The van der Waals surface area contributed by atoms with Crippen LogP contribution in [-0.4, -0.2) is 47.8 Å². The van der Waals surface area contributed by atoms with Gasteiger partial charge in [-0.3, -0.25) is 4.79 Å². The summed E-state index contributed by atoms with van der Waals surface area (Å²) in [6.07, 6.45) is 4.47. The SMILES string of the molecule is O=C(O)COc1ccc(C(=O)O)cc1C(=O)/C=C/c1ccc(OCCCCOc2ccc(Cl)cc2)cc1. The largest absolute Gasteiger partial charge is 0.494 e. The van der Waals surface area contributed by atoms with Crippen LogP contribution in [-0.2, 0) is 4.79 Å². The van der Waals surface area contributed by atoms with Crippen molar-refractivity contribution in [2.24, 2.45) is 0 Å². The molecule has 0 aromatic heterocycles. The van der Waals surface area contributed by atoms with Crippen molar-refractivity contribution >= 4 is 35.4 Å². The molecule has 0 aliphatic carbocycles. The van der Waals surface area contributed by atoms with Crippen molar-refractivity contribution in [2.75, 3.05) is 19.8 Å². The molecule has 0 spiro atoms. The van der Waals surface area contributed by atoms with Crippen LogP contribution in [0.1, 0.15) is 39.1 Å². The number of unbranched alkanes of at least 4 members (excludes halogenated alkanes) is 1. The molecule has 9 heteroatoms. The summed E-state index contributed by atoms with van der Waals surface area (Å²) in [6, 6.07) is 18.0. The predicted octanol–water partition coefficient (Wildman–Crippen LogP) is 5.64. The summed E-state index contributed by atoms with van der Waals surface area (Å²) >= 11 is 5.85. The Balaban J connectivity index is 1.49. The van der Waals surface area contributed by atoms with Crippen molar-refractivity contribution in [1.29, 1.82) is 0 Å². The molecule has 3 aromatic carbocycles. The predicted molar refractivity (Wildman–Crippen MR) is 138 cm³/mol. The molecule has 0 saturated heterocycles. The molecule has 3 rings (SSSR count). The minimum absolute atomic E-state index is 0.00985. The van der Waals surface area contributed by atoms with Gasteiger partial charge in [-0.15, -0.1) is 0 Å². The fraction of sp³-hybridized carbons (Fsp3) is 0.179. The number of halogens is 1. The van der Waals surface area contributed by atoms with Gasteiger partial charge in [0.05, 0.1) is 24.3 Å². The first-order valence-electron chi connectivity index (χ1n) is 11.4. The summed E-state index contributed by atoms with van der Waals surface area (Å²) in [4.78, 5) is 34.8. The van der Waals surface area contributed by atoms with E-state index in [1.807, 2.05) is 12.1 Å². The van der Waals surface area contributed by atoms with E-state index in [-0.39, 0.29) is 16.9 Å². The smallest absolute Gasteiger partial charge is 0.341 e. The van der Waals surface area contributed by atoms with Crippen molar-refractivity contribution in [3.05, 3.63) is 94.5 Å². The first-order valence-corrected chi connectivity index (χ1v) is 11.7. The van der Waals surface area contributed by atoms with Gasteiger partial charge in [-0.2, -0.15) is 0 Å². The number of carbonyl (C=O) groups excluding carboxylic acids is 1. The average Bonchev–Trinajstić information content (AvgIpc) is 2.89. The van der Waals surface area contributed by atoms with Crippen LogP contribution < -0.4 is 14.2 Å². The lowest BCUT2D eigenvalue weighted by Gasteiger charge is -2.09. The van der Waals surface area contributed by atoms with E-state index in [1.54, 1.807) is 42.5 Å². The summed E-state index contributed by atoms with van der Waals surface area (Å²) in [7, 11) is 0. The zero-order chi connectivity index (χ0) is 26.6. The van der Waals surface area contributed by atoms with E-state index in [0.29, 0.717) is 24.0 Å². The van der Waals surface area contributed by atoms with Crippen molar-refractivity contribution in [2.45, 2.75) is 12.8 Å². The third-order valence-electron chi connectivity index (χ3n) is 5.04. The van der Waals surface area contributed by atoms with E-state index in [0.717, 1.165) is 30.2 Å². The number of carboxylic acids is 2. The van der Waals surface area contributed by atoms with Gasteiger partial charge in [0.1, 0.15) is 17.2 Å². The molecule has 0 bridgehead atoms. The highest BCUT2D eigenvalue weighted by Crippen LogP contribution is 2.22. The molecule has 0 saturated carbocycles. The van der Waals surface area contributed by atoms with Crippen LogP contribution >= 0.6 is 11.6 Å². The van der Waals surface area contributed by atoms with Crippen molar-refractivity contribution in [3.63, 3.8) is 0 Å². The third kappa shape index (κ3) is 9.01. The van der Waals surface area contributed by atoms with Crippen molar-refractivity contribution in [3.8, 4) is 17.2 Å². The minimum atomic E-state index is -1.22.